The van der Waals surface area contributed by atoms with Crippen molar-refractivity contribution in [3.63, 3.8) is 0 Å². The number of hydrogen-bond acceptors (Lipinski definition) is 5. The van der Waals surface area contributed by atoms with Crippen molar-refractivity contribution in [1.82, 2.24) is 9.36 Å². The van der Waals surface area contributed by atoms with E-state index in [4.69, 9.17) is 5.11 Å². The molecule has 0 aromatic carbocycles. The maximum Gasteiger partial charge on any atom is 0.452 e. The molecule has 1 heterocycles. The van der Waals surface area contributed by atoms with E-state index in [0.29, 0.717) is 18.1 Å². The number of aliphatic hydroxyl groups excluding tert-OH is 1. The van der Waals surface area contributed by atoms with Crippen molar-refractivity contribution in [1.29, 1.82) is 0 Å². The maximum absolute atomic E-state index is 12.2. The molecule has 1 aliphatic carbocycles. The molecule has 0 amide bonds. The highest BCUT2D eigenvalue weighted by Crippen LogP contribution is 2.45. The van der Waals surface area contributed by atoms with Crippen LogP contribution in [0.2, 0.25) is 0 Å². The molecule has 16 heavy (non-hydrogen) atoms. The van der Waals surface area contributed by atoms with Crippen LogP contribution in [0.5, 0.6) is 0 Å². The van der Waals surface area contributed by atoms with Crippen molar-refractivity contribution in [2.45, 2.75) is 19.0 Å². The third-order valence-electron chi connectivity index (χ3n) is 2.59. The number of anilines is 1. The predicted molar refractivity (Wildman–Crippen MR) is 52.2 cm³/mol. The second-order valence-corrected chi connectivity index (χ2v) is 4.68. The SMILES string of the molecule is OCC1(CNc2nc(C(F)(F)F)ns2)CC1. The number of alkyl halides is 3. The first-order valence-corrected chi connectivity index (χ1v) is 5.48. The molecule has 1 aromatic heterocycles. The first-order valence-electron chi connectivity index (χ1n) is 4.71. The summed E-state index contributed by atoms with van der Waals surface area (Å²) in [5.74, 6) is -1.12. The molecular weight excluding hydrogens is 243 g/mol. The van der Waals surface area contributed by atoms with Crippen LogP contribution in [-0.4, -0.2) is 27.6 Å². The lowest BCUT2D eigenvalue weighted by Crippen LogP contribution is -2.19. The highest BCUT2D eigenvalue weighted by Gasteiger charge is 2.42. The summed E-state index contributed by atoms with van der Waals surface area (Å²) in [5, 5.41) is 11.9. The topological polar surface area (TPSA) is 58.0 Å². The van der Waals surface area contributed by atoms with Crippen molar-refractivity contribution in [3.8, 4) is 0 Å². The van der Waals surface area contributed by atoms with Crippen LogP contribution in [0.1, 0.15) is 18.7 Å². The minimum atomic E-state index is -4.50. The van der Waals surface area contributed by atoms with Gasteiger partial charge in [-0.05, 0) is 12.8 Å². The van der Waals surface area contributed by atoms with Crippen LogP contribution in [0.3, 0.4) is 0 Å². The molecule has 2 rings (SSSR count). The number of nitrogens with one attached hydrogen (secondary N) is 1. The number of rotatable bonds is 4. The summed E-state index contributed by atoms with van der Waals surface area (Å²) in [6.45, 7) is 0.487. The van der Waals surface area contributed by atoms with E-state index < -0.39 is 12.0 Å². The molecular formula is C8H10F3N3OS. The molecule has 0 spiro atoms. The number of aromatic nitrogens is 2. The van der Waals surface area contributed by atoms with Crippen molar-refractivity contribution >= 4 is 16.7 Å². The minimum Gasteiger partial charge on any atom is -0.396 e. The molecule has 0 radical (unpaired) electrons. The number of hydrogen-bond donors (Lipinski definition) is 2. The van der Waals surface area contributed by atoms with Gasteiger partial charge in [0, 0.05) is 23.5 Å². The van der Waals surface area contributed by atoms with E-state index in [1.807, 2.05) is 0 Å². The normalized spacial score (nSPS) is 18.5. The van der Waals surface area contributed by atoms with E-state index >= 15 is 0 Å². The molecule has 1 aliphatic rings. The lowest BCUT2D eigenvalue weighted by Gasteiger charge is -2.10. The molecule has 0 bridgehead atoms. The first-order chi connectivity index (χ1) is 7.45. The molecule has 1 saturated carbocycles. The zero-order valence-electron chi connectivity index (χ0n) is 8.21. The minimum absolute atomic E-state index is 0.0466. The fourth-order valence-corrected chi connectivity index (χ4v) is 1.82. The van der Waals surface area contributed by atoms with Crippen LogP contribution < -0.4 is 5.32 Å². The summed E-state index contributed by atoms with van der Waals surface area (Å²) in [4.78, 5) is 3.34. The van der Waals surface area contributed by atoms with E-state index in [-0.39, 0.29) is 17.2 Å². The van der Waals surface area contributed by atoms with E-state index in [0.717, 1.165) is 12.8 Å². The number of nitrogens with zero attached hydrogens (tertiary/aromatic N) is 2. The maximum atomic E-state index is 12.2. The Balaban J connectivity index is 1.93. The van der Waals surface area contributed by atoms with Gasteiger partial charge in [0.05, 0.1) is 6.61 Å². The molecule has 8 heteroatoms. The van der Waals surface area contributed by atoms with Crippen molar-refractivity contribution in [3.05, 3.63) is 5.82 Å². The fourth-order valence-electron chi connectivity index (χ4n) is 1.24. The van der Waals surface area contributed by atoms with Crippen LogP contribution in [0.4, 0.5) is 18.3 Å². The molecule has 1 aromatic rings. The molecule has 1 fully saturated rings. The standard InChI is InChI=1S/C8H10F3N3OS/c9-8(10,11)5-13-6(16-14-5)12-3-7(4-15)1-2-7/h15H,1-4H2,(H,12,13,14). The Labute approximate surface area is 93.7 Å². The van der Waals surface area contributed by atoms with Crippen molar-refractivity contribution < 1.29 is 18.3 Å². The summed E-state index contributed by atoms with van der Waals surface area (Å²) < 4.78 is 39.7. The van der Waals surface area contributed by atoms with Crippen LogP contribution >= 0.6 is 11.5 Å². The van der Waals surface area contributed by atoms with Gasteiger partial charge in [0.1, 0.15) is 0 Å². The molecule has 0 atom stereocenters. The van der Waals surface area contributed by atoms with Crippen molar-refractivity contribution in [2.24, 2.45) is 5.41 Å². The molecule has 90 valence electrons. The summed E-state index contributed by atoms with van der Waals surface area (Å²) in [5.41, 5.74) is -0.163. The van der Waals surface area contributed by atoms with Gasteiger partial charge in [-0.15, -0.1) is 0 Å². The van der Waals surface area contributed by atoms with E-state index in [1.54, 1.807) is 0 Å². The van der Waals surface area contributed by atoms with Crippen LogP contribution in [0.25, 0.3) is 0 Å². The Morgan fingerprint density at radius 2 is 2.12 bits per heavy atom. The van der Waals surface area contributed by atoms with Crippen LogP contribution in [0.15, 0.2) is 0 Å². The summed E-state index contributed by atoms with van der Waals surface area (Å²) >= 11 is 0.682. The van der Waals surface area contributed by atoms with Gasteiger partial charge >= 0.3 is 6.18 Å². The second kappa shape index (κ2) is 3.85. The first kappa shape index (κ1) is 11.6. The van der Waals surface area contributed by atoms with Gasteiger partial charge in [0.2, 0.25) is 11.0 Å². The summed E-state index contributed by atoms with van der Waals surface area (Å²) in [7, 11) is 0. The Hall–Kier alpha value is -0.890. The average molecular weight is 253 g/mol. The van der Waals surface area contributed by atoms with E-state index in [9.17, 15) is 13.2 Å². The number of aliphatic hydroxyl groups is 1. The van der Waals surface area contributed by atoms with E-state index in [1.165, 1.54) is 0 Å². The molecule has 2 N–H and O–H groups in total. The van der Waals surface area contributed by atoms with Crippen LogP contribution in [-0.2, 0) is 6.18 Å². The Morgan fingerprint density at radius 1 is 1.44 bits per heavy atom. The Kier molecular flexibility index (Phi) is 2.79. The lowest BCUT2D eigenvalue weighted by molar-refractivity contribution is -0.144. The Morgan fingerprint density at radius 3 is 2.56 bits per heavy atom. The second-order valence-electron chi connectivity index (χ2n) is 3.93. The highest BCUT2D eigenvalue weighted by molar-refractivity contribution is 7.09. The van der Waals surface area contributed by atoms with Gasteiger partial charge < -0.3 is 10.4 Å². The smallest absolute Gasteiger partial charge is 0.396 e. The molecule has 0 aliphatic heterocycles. The van der Waals surface area contributed by atoms with Gasteiger partial charge in [-0.25, -0.2) is 0 Å². The molecule has 0 unspecified atom stereocenters. The summed E-state index contributed by atoms with van der Waals surface area (Å²) in [6.07, 6.45) is -2.71. The zero-order valence-corrected chi connectivity index (χ0v) is 9.03. The lowest BCUT2D eigenvalue weighted by atomic mass is 10.1. The zero-order chi connectivity index (χ0) is 11.8. The average Bonchev–Trinajstić information content (AvgIpc) is 2.83. The van der Waals surface area contributed by atoms with Gasteiger partial charge in [-0.2, -0.15) is 22.5 Å². The third-order valence-corrected chi connectivity index (χ3v) is 3.26. The van der Waals surface area contributed by atoms with Gasteiger partial charge in [0.15, 0.2) is 0 Å². The number of halogens is 3. The predicted octanol–water partition coefficient (Wildman–Crippen LogP) is 1.74. The summed E-state index contributed by atoms with van der Waals surface area (Å²) in [6, 6.07) is 0. The van der Waals surface area contributed by atoms with Gasteiger partial charge in [0.25, 0.3) is 0 Å². The quantitative estimate of drug-likeness (QED) is 0.858. The highest BCUT2D eigenvalue weighted by atomic mass is 32.1. The monoisotopic (exact) mass is 253 g/mol. The van der Waals surface area contributed by atoms with Gasteiger partial charge in [-0.3, -0.25) is 0 Å². The van der Waals surface area contributed by atoms with Crippen LogP contribution in [0, 0.1) is 5.41 Å². The van der Waals surface area contributed by atoms with Gasteiger partial charge in [-0.1, -0.05) is 0 Å². The Bertz CT molecular complexity index is 375. The third kappa shape index (κ3) is 2.43. The largest absolute Gasteiger partial charge is 0.452 e. The van der Waals surface area contributed by atoms with E-state index in [2.05, 4.69) is 14.7 Å². The molecule has 0 saturated heterocycles. The molecule has 4 nitrogen and oxygen atoms in total. The van der Waals surface area contributed by atoms with Crippen molar-refractivity contribution in [2.75, 3.05) is 18.5 Å². The fraction of sp³-hybridized carbons (Fsp3) is 0.750.